The molecule has 238 valence electrons. The maximum atomic E-state index is 15.7. The second-order valence-corrected chi connectivity index (χ2v) is 10.3. The second-order valence-electron chi connectivity index (χ2n) is 9.39. The third-order valence-corrected chi connectivity index (χ3v) is 6.85. The molecule has 2 heterocycles. The van der Waals surface area contributed by atoms with Crippen molar-refractivity contribution in [2.24, 2.45) is 0 Å². The number of hydrogen-bond acceptors (Lipinski definition) is 9. The number of alkyl halides is 3. The Bertz CT molecular complexity index is 1630. The van der Waals surface area contributed by atoms with Crippen LogP contribution in [0.1, 0.15) is 31.8 Å². The Labute approximate surface area is 262 Å². The Morgan fingerprint density at radius 1 is 1.00 bits per heavy atom. The van der Waals surface area contributed by atoms with Gasteiger partial charge in [0.05, 0.1) is 56.6 Å². The van der Waals surface area contributed by atoms with Gasteiger partial charge in [-0.05, 0) is 35.9 Å². The van der Waals surface area contributed by atoms with Crippen molar-refractivity contribution in [3.63, 3.8) is 0 Å². The summed E-state index contributed by atoms with van der Waals surface area (Å²) >= 11 is 3.30. The molecule has 0 aliphatic carbocycles. The normalized spacial score (nSPS) is 11.5. The molecular formula is C29H26BrF4N5O6. The molecule has 4 aromatic rings. The minimum atomic E-state index is -4.95. The van der Waals surface area contributed by atoms with Crippen molar-refractivity contribution in [3.05, 3.63) is 93.6 Å². The van der Waals surface area contributed by atoms with E-state index in [1.165, 1.54) is 38.7 Å². The van der Waals surface area contributed by atoms with Gasteiger partial charge in [-0.3, -0.25) is 9.69 Å². The predicted molar refractivity (Wildman–Crippen MR) is 155 cm³/mol. The molecule has 0 unspecified atom stereocenters. The molecule has 0 atom stereocenters. The SMILES string of the molecule is COCC(COC)N(C(=O)c1ccc(Br)cc1)c1cc(F)c(Oc2ncc(Cn3nccn3)cc2C(F)(F)F)cc1C(=O)OC. The molecule has 0 radical (unpaired) electrons. The van der Waals surface area contributed by atoms with E-state index in [1.807, 2.05) is 0 Å². The Kier molecular flexibility index (Phi) is 10.8. The molecule has 0 bridgehead atoms. The first-order valence-corrected chi connectivity index (χ1v) is 13.8. The number of esters is 1. The van der Waals surface area contributed by atoms with Gasteiger partial charge < -0.3 is 18.9 Å². The number of anilines is 1. The van der Waals surface area contributed by atoms with Crippen LogP contribution in [0.3, 0.4) is 0 Å². The van der Waals surface area contributed by atoms with Gasteiger partial charge in [-0.2, -0.15) is 28.2 Å². The van der Waals surface area contributed by atoms with Gasteiger partial charge in [-0.1, -0.05) is 15.9 Å². The van der Waals surface area contributed by atoms with Crippen molar-refractivity contribution < 1.29 is 46.1 Å². The number of benzene rings is 2. The molecule has 4 rings (SSSR count). The average Bonchev–Trinajstić information content (AvgIpc) is 3.52. The van der Waals surface area contributed by atoms with E-state index in [1.54, 1.807) is 12.1 Å². The molecule has 0 fully saturated rings. The minimum absolute atomic E-state index is 0.0874. The Morgan fingerprint density at radius 3 is 2.22 bits per heavy atom. The number of hydrogen-bond donors (Lipinski definition) is 0. The maximum Gasteiger partial charge on any atom is 0.421 e. The lowest BCUT2D eigenvalue weighted by Gasteiger charge is -2.32. The smallest absolute Gasteiger partial charge is 0.421 e. The highest BCUT2D eigenvalue weighted by Crippen LogP contribution is 2.40. The molecule has 11 nitrogen and oxygen atoms in total. The van der Waals surface area contributed by atoms with Gasteiger partial charge in [0.15, 0.2) is 11.6 Å². The second kappa shape index (κ2) is 14.6. The quantitative estimate of drug-likeness (QED) is 0.139. The van der Waals surface area contributed by atoms with Crippen LogP contribution in [0.25, 0.3) is 0 Å². The lowest BCUT2D eigenvalue weighted by atomic mass is 10.1. The summed E-state index contributed by atoms with van der Waals surface area (Å²) < 4.78 is 79.4. The van der Waals surface area contributed by atoms with Gasteiger partial charge in [-0.15, -0.1) is 0 Å². The number of pyridine rings is 1. The van der Waals surface area contributed by atoms with Crippen LogP contribution in [0.5, 0.6) is 11.6 Å². The predicted octanol–water partition coefficient (Wildman–Crippen LogP) is 5.53. The molecule has 2 aromatic heterocycles. The van der Waals surface area contributed by atoms with Crippen molar-refractivity contribution in [1.82, 2.24) is 20.0 Å². The molecule has 0 spiro atoms. The molecule has 0 aliphatic heterocycles. The van der Waals surface area contributed by atoms with Crippen molar-refractivity contribution in [3.8, 4) is 11.6 Å². The van der Waals surface area contributed by atoms with E-state index < -0.39 is 47.1 Å². The van der Waals surface area contributed by atoms with Gasteiger partial charge in [-0.25, -0.2) is 14.2 Å². The van der Waals surface area contributed by atoms with Gasteiger partial charge in [0.1, 0.15) is 5.56 Å². The Hall–Kier alpha value is -4.41. The van der Waals surface area contributed by atoms with Crippen LogP contribution in [-0.2, 0) is 26.9 Å². The minimum Gasteiger partial charge on any atom is -0.465 e. The van der Waals surface area contributed by atoms with Crippen LogP contribution < -0.4 is 9.64 Å². The summed E-state index contributed by atoms with van der Waals surface area (Å²) in [5.41, 5.74) is -1.67. The number of methoxy groups -OCH3 is 3. The number of carbonyl (C=O) groups is 2. The van der Waals surface area contributed by atoms with E-state index in [0.29, 0.717) is 4.47 Å². The van der Waals surface area contributed by atoms with E-state index in [2.05, 4.69) is 31.1 Å². The van der Waals surface area contributed by atoms with Gasteiger partial charge in [0.25, 0.3) is 5.91 Å². The maximum absolute atomic E-state index is 15.7. The molecule has 16 heteroatoms. The van der Waals surface area contributed by atoms with Crippen LogP contribution in [0.4, 0.5) is 23.2 Å². The highest BCUT2D eigenvalue weighted by molar-refractivity contribution is 9.10. The molecule has 0 saturated carbocycles. The van der Waals surface area contributed by atoms with E-state index >= 15 is 4.39 Å². The Morgan fingerprint density at radius 2 is 1.64 bits per heavy atom. The summed E-state index contributed by atoms with van der Waals surface area (Å²) in [6.07, 6.45) is -1.12. The molecule has 0 N–H and O–H groups in total. The highest BCUT2D eigenvalue weighted by Gasteiger charge is 2.37. The monoisotopic (exact) mass is 695 g/mol. The number of amides is 1. The molecule has 45 heavy (non-hydrogen) atoms. The first-order valence-electron chi connectivity index (χ1n) is 13.0. The fraction of sp³-hybridized carbons (Fsp3) is 0.276. The summed E-state index contributed by atoms with van der Waals surface area (Å²) in [7, 11) is 3.81. The zero-order chi connectivity index (χ0) is 32.7. The molecular weight excluding hydrogens is 670 g/mol. The van der Waals surface area contributed by atoms with Crippen LogP contribution in [-0.4, -0.2) is 72.4 Å². The largest absolute Gasteiger partial charge is 0.465 e. The molecule has 0 aliphatic rings. The number of rotatable bonds is 12. The zero-order valence-electron chi connectivity index (χ0n) is 24.0. The summed E-state index contributed by atoms with van der Waals surface area (Å²) in [5.74, 6) is -4.61. The molecule has 0 saturated heterocycles. The lowest BCUT2D eigenvalue weighted by molar-refractivity contribution is -0.139. The van der Waals surface area contributed by atoms with Crippen LogP contribution in [0.2, 0.25) is 0 Å². The van der Waals surface area contributed by atoms with E-state index in [-0.39, 0.29) is 42.1 Å². The van der Waals surface area contributed by atoms with Crippen LogP contribution in [0, 0.1) is 5.82 Å². The Balaban J connectivity index is 1.82. The van der Waals surface area contributed by atoms with E-state index in [9.17, 15) is 22.8 Å². The van der Waals surface area contributed by atoms with Crippen LogP contribution >= 0.6 is 15.9 Å². The third-order valence-electron chi connectivity index (χ3n) is 6.32. The molecule has 2 aromatic carbocycles. The fourth-order valence-electron chi connectivity index (χ4n) is 4.34. The fourth-order valence-corrected chi connectivity index (χ4v) is 4.60. The number of carbonyl (C=O) groups excluding carboxylic acids is 2. The number of nitrogens with zero attached hydrogens (tertiary/aromatic N) is 5. The topological polar surface area (TPSA) is 118 Å². The lowest BCUT2D eigenvalue weighted by Crippen LogP contribution is -2.46. The first-order chi connectivity index (χ1) is 21.5. The average molecular weight is 696 g/mol. The third kappa shape index (κ3) is 8.01. The summed E-state index contributed by atoms with van der Waals surface area (Å²) in [6, 6.07) is 7.80. The summed E-state index contributed by atoms with van der Waals surface area (Å²) in [4.78, 5) is 32.9. The van der Waals surface area contributed by atoms with Gasteiger partial charge >= 0.3 is 12.1 Å². The van der Waals surface area contributed by atoms with Crippen molar-refractivity contribution in [2.45, 2.75) is 18.8 Å². The summed E-state index contributed by atoms with van der Waals surface area (Å²) in [6.45, 7) is -0.295. The first kappa shape index (κ1) is 33.5. The van der Waals surface area contributed by atoms with Crippen molar-refractivity contribution >= 4 is 33.5 Å². The van der Waals surface area contributed by atoms with E-state index in [4.69, 9.17) is 18.9 Å². The van der Waals surface area contributed by atoms with Crippen LogP contribution in [0.15, 0.2) is 65.5 Å². The summed E-state index contributed by atoms with van der Waals surface area (Å²) in [5, 5.41) is 7.72. The number of ether oxygens (including phenoxy) is 4. The zero-order valence-corrected chi connectivity index (χ0v) is 25.6. The van der Waals surface area contributed by atoms with Gasteiger partial charge in [0.2, 0.25) is 5.88 Å². The van der Waals surface area contributed by atoms with Gasteiger partial charge in [0, 0.05) is 42.6 Å². The molecule has 1 amide bonds. The standard InChI is InChI=1S/C29H26BrF4N5O6/c1-42-15-20(16-43-2)39(27(40)18-4-6-19(30)7-5-18)24-12-23(31)25(11-21(24)28(41)44-3)45-26-22(29(32,33)34)10-17(13-35-26)14-38-36-8-9-37-38/h4-13,20H,14-16H2,1-3H3. The number of aromatic nitrogens is 4. The van der Waals surface area contributed by atoms with E-state index in [0.717, 1.165) is 41.2 Å². The highest BCUT2D eigenvalue weighted by atomic mass is 79.9. The number of halogens is 5. The van der Waals surface area contributed by atoms with Crippen molar-refractivity contribution in [2.75, 3.05) is 39.4 Å². The van der Waals surface area contributed by atoms with Crippen molar-refractivity contribution in [1.29, 1.82) is 0 Å².